The third kappa shape index (κ3) is 4.82. The van der Waals surface area contributed by atoms with Crippen molar-refractivity contribution < 1.29 is 4.74 Å². The van der Waals surface area contributed by atoms with Crippen LogP contribution in [0.4, 0.5) is 0 Å². The number of hydrogen-bond acceptors (Lipinski definition) is 4. The topological polar surface area (TPSA) is 21.3 Å². The molecule has 2 atom stereocenters. The van der Waals surface area contributed by atoms with Gasteiger partial charge < -0.3 is 10.1 Å². The van der Waals surface area contributed by atoms with E-state index in [0.717, 1.165) is 19.1 Å². The van der Waals surface area contributed by atoms with Crippen molar-refractivity contribution in [1.82, 2.24) is 5.32 Å². The van der Waals surface area contributed by atoms with E-state index in [9.17, 15) is 0 Å². The van der Waals surface area contributed by atoms with Crippen LogP contribution in [-0.4, -0.2) is 47.8 Å². The van der Waals surface area contributed by atoms with Crippen molar-refractivity contribution in [1.29, 1.82) is 0 Å². The molecule has 0 aromatic carbocycles. The lowest BCUT2D eigenvalue weighted by atomic mass is 9.79. The van der Waals surface area contributed by atoms with Gasteiger partial charge in [-0.2, -0.15) is 23.5 Å². The van der Waals surface area contributed by atoms with Crippen molar-refractivity contribution in [2.24, 2.45) is 5.92 Å². The molecule has 2 heterocycles. The molecule has 2 aliphatic heterocycles. The second-order valence-corrected chi connectivity index (χ2v) is 8.51. The molecule has 1 spiro atoms. The first-order chi connectivity index (χ1) is 9.79. The minimum absolute atomic E-state index is 0.233. The summed E-state index contributed by atoms with van der Waals surface area (Å²) >= 11 is 4.22. The molecule has 20 heavy (non-hydrogen) atoms. The summed E-state index contributed by atoms with van der Waals surface area (Å²) in [7, 11) is 0. The molecule has 118 valence electrons. The Labute approximate surface area is 133 Å². The van der Waals surface area contributed by atoms with Crippen LogP contribution in [-0.2, 0) is 4.74 Å². The molecular formula is C16H31NOS2. The first kappa shape index (κ1) is 17.0. The zero-order valence-corrected chi connectivity index (χ0v) is 14.8. The Kier molecular flexibility index (Phi) is 7.57. The van der Waals surface area contributed by atoms with E-state index < -0.39 is 0 Å². The number of nitrogens with one attached hydrogen (secondary N) is 1. The minimum atomic E-state index is 0.233. The van der Waals surface area contributed by atoms with E-state index in [1.807, 2.05) is 0 Å². The Balaban J connectivity index is 1.89. The second-order valence-electron chi connectivity index (χ2n) is 6.14. The lowest BCUT2D eigenvalue weighted by molar-refractivity contribution is -0.106. The van der Waals surface area contributed by atoms with Crippen molar-refractivity contribution in [3.8, 4) is 0 Å². The van der Waals surface area contributed by atoms with Crippen LogP contribution in [0.3, 0.4) is 0 Å². The zero-order chi connectivity index (χ0) is 14.3. The highest BCUT2D eigenvalue weighted by Gasteiger charge is 2.40. The van der Waals surface area contributed by atoms with Crippen LogP contribution < -0.4 is 5.32 Å². The van der Waals surface area contributed by atoms with E-state index in [-0.39, 0.29) is 5.60 Å². The van der Waals surface area contributed by atoms with E-state index >= 15 is 0 Å². The summed E-state index contributed by atoms with van der Waals surface area (Å²) in [6.07, 6.45) is 6.37. The Hall–Kier alpha value is 0.620. The molecule has 2 fully saturated rings. The van der Waals surface area contributed by atoms with Gasteiger partial charge in [-0.15, -0.1) is 0 Å². The highest BCUT2D eigenvalue weighted by atomic mass is 32.2. The number of rotatable bonds is 7. The van der Waals surface area contributed by atoms with E-state index in [4.69, 9.17) is 4.74 Å². The van der Waals surface area contributed by atoms with Gasteiger partial charge >= 0.3 is 0 Å². The van der Waals surface area contributed by atoms with E-state index in [0.29, 0.717) is 6.04 Å². The van der Waals surface area contributed by atoms with Crippen LogP contribution in [0.2, 0.25) is 0 Å². The van der Waals surface area contributed by atoms with Gasteiger partial charge in [0, 0.05) is 18.4 Å². The molecule has 2 unspecified atom stereocenters. The summed E-state index contributed by atoms with van der Waals surface area (Å²) in [5.41, 5.74) is 0.233. The molecule has 2 saturated heterocycles. The van der Waals surface area contributed by atoms with Crippen LogP contribution in [0.5, 0.6) is 0 Å². The first-order valence-electron chi connectivity index (χ1n) is 8.32. The van der Waals surface area contributed by atoms with Crippen LogP contribution in [0.15, 0.2) is 0 Å². The van der Waals surface area contributed by atoms with Gasteiger partial charge in [-0.05, 0) is 61.8 Å². The lowest BCUT2D eigenvalue weighted by Gasteiger charge is -2.45. The fourth-order valence-electron chi connectivity index (χ4n) is 3.48. The summed E-state index contributed by atoms with van der Waals surface area (Å²) in [4.78, 5) is 0. The van der Waals surface area contributed by atoms with Gasteiger partial charge in [0.1, 0.15) is 0 Å². The van der Waals surface area contributed by atoms with Gasteiger partial charge in [-0.25, -0.2) is 0 Å². The highest BCUT2D eigenvalue weighted by Crippen LogP contribution is 2.41. The van der Waals surface area contributed by atoms with Gasteiger partial charge in [-0.3, -0.25) is 0 Å². The fraction of sp³-hybridized carbons (Fsp3) is 1.00. The molecule has 0 amide bonds. The normalized spacial score (nSPS) is 27.6. The molecule has 1 N–H and O–H groups in total. The highest BCUT2D eigenvalue weighted by molar-refractivity contribution is 7.99. The smallest absolute Gasteiger partial charge is 0.0701 e. The van der Waals surface area contributed by atoms with E-state index in [1.165, 1.54) is 55.1 Å². The molecule has 0 radical (unpaired) electrons. The van der Waals surface area contributed by atoms with Gasteiger partial charge in [0.2, 0.25) is 0 Å². The molecule has 2 aliphatic rings. The molecule has 0 aromatic heterocycles. The van der Waals surface area contributed by atoms with Gasteiger partial charge in [0.05, 0.1) is 5.60 Å². The largest absolute Gasteiger partial charge is 0.375 e. The molecule has 0 aromatic rings. The average Bonchev–Trinajstić information content (AvgIpc) is 2.47. The van der Waals surface area contributed by atoms with Crippen molar-refractivity contribution in [2.75, 3.05) is 36.2 Å². The quantitative estimate of drug-likeness (QED) is 0.721. The minimum Gasteiger partial charge on any atom is -0.375 e. The predicted molar refractivity (Wildman–Crippen MR) is 93.0 cm³/mol. The van der Waals surface area contributed by atoms with Crippen molar-refractivity contribution in [3.63, 3.8) is 0 Å². The molecule has 0 saturated carbocycles. The molecule has 0 aliphatic carbocycles. The number of thioether (sulfide) groups is 2. The first-order valence-corrected chi connectivity index (χ1v) is 10.6. The van der Waals surface area contributed by atoms with E-state index in [2.05, 4.69) is 42.7 Å². The maximum absolute atomic E-state index is 6.24. The van der Waals surface area contributed by atoms with Crippen LogP contribution in [0.25, 0.3) is 0 Å². The summed E-state index contributed by atoms with van der Waals surface area (Å²) in [5, 5.41) is 3.75. The maximum atomic E-state index is 6.24. The Bertz CT molecular complexity index is 264. The Morgan fingerprint density at radius 1 is 1.35 bits per heavy atom. The second kappa shape index (κ2) is 8.92. The summed E-state index contributed by atoms with van der Waals surface area (Å²) in [5.74, 6) is 5.98. The number of hydrogen-bond donors (Lipinski definition) is 1. The molecule has 2 rings (SSSR count). The maximum Gasteiger partial charge on any atom is 0.0701 e. The SMILES string of the molecule is CCCSCC(NCC)C1CCOC2(CCSCC2)C1. The molecule has 0 bridgehead atoms. The van der Waals surface area contributed by atoms with E-state index in [1.54, 1.807) is 0 Å². The third-order valence-corrected chi connectivity index (χ3v) is 6.89. The Morgan fingerprint density at radius 3 is 2.85 bits per heavy atom. The third-order valence-electron chi connectivity index (χ3n) is 4.62. The van der Waals surface area contributed by atoms with Gasteiger partial charge in [0.25, 0.3) is 0 Å². The average molecular weight is 318 g/mol. The van der Waals surface area contributed by atoms with Crippen molar-refractivity contribution in [2.45, 2.75) is 57.6 Å². The lowest BCUT2D eigenvalue weighted by Crippen LogP contribution is -2.49. The Morgan fingerprint density at radius 2 is 2.15 bits per heavy atom. The predicted octanol–water partition coefficient (Wildman–Crippen LogP) is 3.80. The van der Waals surface area contributed by atoms with Crippen LogP contribution in [0, 0.1) is 5.92 Å². The van der Waals surface area contributed by atoms with Crippen molar-refractivity contribution in [3.05, 3.63) is 0 Å². The standard InChI is InChI=1S/C16H31NOS2/c1-3-9-20-13-15(17-4-2)14-5-8-18-16(12-14)6-10-19-11-7-16/h14-15,17H,3-13H2,1-2H3. The van der Waals surface area contributed by atoms with Gasteiger partial charge in [-0.1, -0.05) is 13.8 Å². The summed E-state index contributed by atoms with van der Waals surface area (Å²) < 4.78 is 6.24. The molecular weight excluding hydrogens is 286 g/mol. The van der Waals surface area contributed by atoms with Crippen molar-refractivity contribution >= 4 is 23.5 Å². The number of ether oxygens (including phenoxy) is 1. The monoisotopic (exact) mass is 317 g/mol. The fourth-order valence-corrected chi connectivity index (χ4v) is 5.82. The summed E-state index contributed by atoms with van der Waals surface area (Å²) in [6.45, 7) is 6.59. The zero-order valence-electron chi connectivity index (χ0n) is 13.2. The molecule has 2 nitrogen and oxygen atoms in total. The van der Waals surface area contributed by atoms with Gasteiger partial charge in [0.15, 0.2) is 0 Å². The van der Waals surface area contributed by atoms with Crippen LogP contribution >= 0.6 is 23.5 Å². The summed E-state index contributed by atoms with van der Waals surface area (Å²) in [6, 6.07) is 0.687. The van der Waals surface area contributed by atoms with Crippen LogP contribution in [0.1, 0.15) is 46.0 Å². The molecule has 4 heteroatoms.